The molecule has 0 aromatic rings. The SMILES string of the molecule is CCOC(=O)CN(CC)S(=O)(=O)C(C)(C)C. The lowest BCUT2D eigenvalue weighted by Crippen LogP contribution is -2.45. The van der Waals surface area contributed by atoms with Crippen LogP contribution >= 0.6 is 0 Å². The van der Waals surface area contributed by atoms with Gasteiger partial charge in [0.05, 0.1) is 11.4 Å². The molecule has 0 atom stereocenters. The summed E-state index contributed by atoms with van der Waals surface area (Å²) in [5, 5.41) is 0. The van der Waals surface area contributed by atoms with E-state index in [9.17, 15) is 13.2 Å². The van der Waals surface area contributed by atoms with E-state index in [2.05, 4.69) is 0 Å². The Morgan fingerprint density at radius 2 is 1.75 bits per heavy atom. The van der Waals surface area contributed by atoms with Crippen LogP contribution in [0.15, 0.2) is 0 Å². The highest BCUT2D eigenvalue weighted by Crippen LogP contribution is 2.19. The highest BCUT2D eigenvalue weighted by Gasteiger charge is 2.35. The van der Waals surface area contributed by atoms with E-state index in [4.69, 9.17) is 4.74 Å². The number of esters is 1. The first-order valence-electron chi connectivity index (χ1n) is 5.32. The van der Waals surface area contributed by atoms with E-state index in [1.165, 1.54) is 0 Å². The predicted molar refractivity (Wildman–Crippen MR) is 62.6 cm³/mol. The van der Waals surface area contributed by atoms with Crippen molar-refractivity contribution < 1.29 is 17.9 Å². The lowest BCUT2D eigenvalue weighted by atomic mass is 10.3. The van der Waals surface area contributed by atoms with Crippen LogP contribution in [0, 0.1) is 0 Å². The molecule has 0 aliphatic heterocycles. The first kappa shape index (κ1) is 15.4. The van der Waals surface area contributed by atoms with Gasteiger partial charge in [0, 0.05) is 6.54 Å². The Kier molecular flexibility index (Phi) is 5.41. The second-order valence-corrected chi connectivity index (χ2v) is 7.04. The molecule has 0 saturated carbocycles. The summed E-state index contributed by atoms with van der Waals surface area (Å²) in [5.74, 6) is -0.517. The summed E-state index contributed by atoms with van der Waals surface area (Å²) in [6, 6.07) is 0. The molecule has 0 N–H and O–H groups in total. The van der Waals surface area contributed by atoms with Crippen LogP contribution in [0.25, 0.3) is 0 Å². The summed E-state index contributed by atoms with van der Waals surface area (Å²) in [5.41, 5.74) is 0. The average Bonchev–Trinajstić information content (AvgIpc) is 2.12. The van der Waals surface area contributed by atoms with Crippen molar-refractivity contribution in [2.75, 3.05) is 19.7 Å². The maximum absolute atomic E-state index is 12.0. The molecule has 0 aromatic carbocycles. The van der Waals surface area contributed by atoms with Gasteiger partial charge in [-0.1, -0.05) is 6.92 Å². The van der Waals surface area contributed by atoms with Crippen LogP contribution in [0.2, 0.25) is 0 Å². The number of rotatable bonds is 5. The van der Waals surface area contributed by atoms with E-state index in [0.29, 0.717) is 0 Å². The third kappa shape index (κ3) is 3.75. The van der Waals surface area contributed by atoms with Crippen LogP contribution in [0.3, 0.4) is 0 Å². The molecule has 0 spiro atoms. The van der Waals surface area contributed by atoms with E-state index in [1.54, 1.807) is 34.6 Å². The second kappa shape index (κ2) is 5.63. The standard InChI is InChI=1S/C10H21NO4S/c1-6-11(8-9(12)15-7-2)16(13,14)10(3,4)5/h6-8H2,1-5H3. The molecule has 96 valence electrons. The largest absolute Gasteiger partial charge is 0.465 e. The van der Waals surface area contributed by atoms with Crippen LogP contribution in [-0.4, -0.2) is 43.1 Å². The van der Waals surface area contributed by atoms with Gasteiger partial charge in [-0.15, -0.1) is 0 Å². The fourth-order valence-electron chi connectivity index (χ4n) is 1.10. The minimum Gasteiger partial charge on any atom is -0.465 e. The summed E-state index contributed by atoms with van der Waals surface area (Å²) in [4.78, 5) is 11.3. The van der Waals surface area contributed by atoms with E-state index < -0.39 is 20.7 Å². The van der Waals surface area contributed by atoms with E-state index in [0.717, 1.165) is 4.31 Å². The molecule has 0 amide bonds. The van der Waals surface area contributed by atoms with Crippen molar-refractivity contribution in [3.8, 4) is 0 Å². The Bertz CT molecular complexity index is 329. The van der Waals surface area contributed by atoms with Gasteiger partial charge in [0.15, 0.2) is 0 Å². The van der Waals surface area contributed by atoms with Gasteiger partial charge < -0.3 is 4.74 Å². The van der Waals surface area contributed by atoms with Crippen molar-refractivity contribution in [1.82, 2.24) is 4.31 Å². The van der Waals surface area contributed by atoms with Gasteiger partial charge in [-0.05, 0) is 27.7 Å². The van der Waals surface area contributed by atoms with Crippen LogP contribution < -0.4 is 0 Å². The van der Waals surface area contributed by atoms with Gasteiger partial charge in [0.1, 0.15) is 6.54 Å². The highest BCUT2D eigenvalue weighted by atomic mass is 32.2. The molecule has 0 aliphatic rings. The van der Waals surface area contributed by atoms with Gasteiger partial charge >= 0.3 is 5.97 Å². The van der Waals surface area contributed by atoms with Crippen molar-refractivity contribution in [3.05, 3.63) is 0 Å². The molecule has 0 fully saturated rings. The molecule has 0 saturated heterocycles. The second-order valence-electron chi connectivity index (χ2n) is 4.35. The molecule has 16 heavy (non-hydrogen) atoms. The van der Waals surface area contributed by atoms with Crippen molar-refractivity contribution in [2.24, 2.45) is 0 Å². The number of ether oxygens (including phenoxy) is 1. The first-order chi connectivity index (χ1) is 7.16. The third-order valence-corrected chi connectivity index (χ3v) is 4.69. The molecule has 0 heterocycles. The Balaban J connectivity index is 4.82. The molecule has 0 rings (SSSR count). The average molecular weight is 251 g/mol. The van der Waals surface area contributed by atoms with E-state index >= 15 is 0 Å². The minimum absolute atomic E-state index is 0.218. The monoisotopic (exact) mass is 251 g/mol. The van der Waals surface area contributed by atoms with Crippen LogP contribution in [0.4, 0.5) is 0 Å². The quantitative estimate of drug-likeness (QED) is 0.684. The topological polar surface area (TPSA) is 63.7 Å². The maximum atomic E-state index is 12.0. The summed E-state index contributed by atoms with van der Waals surface area (Å²) >= 11 is 0. The van der Waals surface area contributed by atoms with Crippen molar-refractivity contribution in [2.45, 2.75) is 39.4 Å². The Morgan fingerprint density at radius 3 is 2.06 bits per heavy atom. The molecule has 0 aliphatic carbocycles. The first-order valence-corrected chi connectivity index (χ1v) is 6.76. The van der Waals surface area contributed by atoms with Crippen molar-refractivity contribution >= 4 is 16.0 Å². The number of likely N-dealkylation sites (N-methyl/N-ethyl adjacent to an activating group) is 1. The number of carbonyl (C=O) groups is 1. The predicted octanol–water partition coefficient (Wildman–Crippen LogP) is 1.000. The van der Waals surface area contributed by atoms with Crippen LogP contribution in [0.5, 0.6) is 0 Å². The lowest BCUT2D eigenvalue weighted by Gasteiger charge is -2.28. The number of hydrogen-bond donors (Lipinski definition) is 0. The fraction of sp³-hybridized carbons (Fsp3) is 0.900. The lowest BCUT2D eigenvalue weighted by molar-refractivity contribution is -0.143. The Morgan fingerprint density at radius 1 is 1.25 bits per heavy atom. The van der Waals surface area contributed by atoms with Gasteiger partial charge in [0.2, 0.25) is 10.0 Å². The smallest absolute Gasteiger partial charge is 0.321 e. The molecular formula is C10H21NO4S. The molecule has 0 bridgehead atoms. The molecule has 0 radical (unpaired) electrons. The molecule has 6 heteroatoms. The zero-order chi connectivity index (χ0) is 13.0. The van der Waals surface area contributed by atoms with Crippen LogP contribution in [0.1, 0.15) is 34.6 Å². The van der Waals surface area contributed by atoms with E-state index in [-0.39, 0.29) is 19.7 Å². The summed E-state index contributed by atoms with van der Waals surface area (Å²) < 4.78 is 29.1. The van der Waals surface area contributed by atoms with E-state index in [1.807, 2.05) is 0 Å². The molecule has 0 aromatic heterocycles. The van der Waals surface area contributed by atoms with Crippen molar-refractivity contribution in [3.63, 3.8) is 0 Å². The van der Waals surface area contributed by atoms with Gasteiger partial charge in [-0.25, -0.2) is 8.42 Å². The summed E-state index contributed by atoms with van der Waals surface area (Å²) in [6.07, 6.45) is 0. The molecule has 5 nitrogen and oxygen atoms in total. The Hall–Kier alpha value is -0.620. The zero-order valence-corrected chi connectivity index (χ0v) is 11.4. The van der Waals surface area contributed by atoms with Crippen molar-refractivity contribution in [1.29, 1.82) is 0 Å². The number of sulfonamides is 1. The fourth-order valence-corrected chi connectivity index (χ4v) is 2.49. The highest BCUT2D eigenvalue weighted by molar-refractivity contribution is 7.90. The minimum atomic E-state index is -3.47. The molecular weight excluding hydrogens is 230 g/mol. The van der Waals surface area contributed by atoms with Crippen LogP contribution in [-0.2, 0) is 19.6 Å². The zero-order valence-electron chi connectivity index (χ0n) is 10.6. The van der Waals surface area contributed by atoms with Gasteiger partial charge in [0.25, 0.3) is 0 Å². The summed E-state index contributed by atoms with van der Waals surface area (Å²) in [7, 11) is -3.47. The van der Waals surface area contributed by atoms with Gasteiger partial charge in [-0.3, -0.25) is 4.79 Å². The molecule has 0 unspecified atom stereocenters. The normalized spacial score (nSPS) is 12.9. The summed E-state index contributed by atoms with van der Waals surface area (Å²) in [6.45, 7) is 8.51. The number of hydrogen-bond acceptors (Lipinski definition) is 4. The number of nitrogens with zero attached hydrogens (tertiary/aromatic N) is 1. The Labute approximate surface area is 97.8 Å². The third-order valence-electron chi connectivity index (χ3n) is 2.08. The van der Waals surface area contributed by atoms with Gasteiger partial charge in [-0.2, -0.15) is 4.31 Å². The maximum Gasteiger partial charge on any atom is 0.321 e. The number of carbonyl (C=O) groups excluding carboxylic acids is 1.